The van der Waals surface area contributed by atoms with E-state index in [1.54, 1.807) is 12.1 Å². The molecule has 0 atom stereocenters. The van der Waals surface area contributed by atoms with E-state index in [1.165, 1.54) is 6.07 Å². The van der Waals surface area contributed by atoms with Crippen LogP contribution in [0.2, 0.25) is 10.0 Å². The molecule has 0 saturated carbocycles. The Hall–Kier alpha value is -1.82. The quantitative estimate of drug-likeness (QED) is 0.710. The average molecular weight is 367 g/mol. The second-order valence-electron chi connectivity index (χ2n) is 5.58. The number of rotatable bonds is 5. The van der Waals surface area contributed by atoms with Gasteiger partial charge in [-0.2, -0.15) is 0 Å². The molecule has 0 fully saturated rings. The molecule has 0 saturated heterocycles. The Balaban J connectivity index is 2.08. The van der Waals surface area contributed by atoms with Gasteiger partial charge >= 0.3 is 0 Å². The molecule has 0 aliphatic rings. The molecular formula is C17H17Cl2FN4. The Bertz CT molecular complexity index is 892. The van der Waals surface area contributed by atoms with Crippen molar-refractivity contribution in [3.63, 3.8) is 0 Å². The van der Waals surface area contributed by atoms with Crippen molar-refractivity contribution in [1.82, 2.24) is 9.55 Å². The highest BCUT2D eigenvalue weighted by molar-refractivity contribution is 6.32. The molecule has 0 unspecified atom stereocenters. The molecule has 4 nitrogen and oxygen atoms in total. The van der Waals surface area contributed by atoms with Crippen LogP contribution in [-0.2, 0) is 6.54 Å². The Kier molecular flexibility index (Phi) is 4.94. The van der Waals surface area contributed by atoms with Gasteiger partial charge in [-0.3, -0.25) is 0 Å². The fourth-order valence-corrected chi connectivity index (χ4v) is 2.91. The van der Waals surface area contributed by atoms with Crippen LogP contribution in [-0.4, -0.2) is 22.6 Å². The van der Waals surface area contributed by atoms with Gasteiger partial charge in [0.25, 0.3) is 0 Å². The number of halogens is 3. The Labute approximate surface area is 149 Å². The summed E-state index contributed by atoms with van der Waals surface area (Å²) in [6.45, 7) is 3.52. The number of imidazole rings is 1. The molecule has 0 aliphatic heterocycles. The van der Waals surface area contributed by atoms with Crippen molar-refractivity contribution in [3.8, 4) is 0 Å². The van der Waals surface area contributed by atoms with E-state index in [2.05, 4.69) is 10.3 Å². The number of aromatic nitrogens is 2. The maximum Gasteiger partial charge on any atom is 0.204 e. The molecule has 3 aromatic rings. The number of benzene rings is 2. The molecule has 126 valence electrons. The number of fused-ring (bicyclic) bond motifs is 1. The monoisotopic (exact) mass is 366 g/mol. The Morgan fingerprint density at radius 3 is 2.71 bits per heavy atom. The van der Waals surface area contributed by atoms with Gasteiger partial charge < -0.3 is 15.6 Å². The summed E-state index contributed by atoms with van der Waals surface area (Å²) in [6.07, 6.45) is 0. The van der Waals surface area contributed by atoms with Crippen molar-refractivity contribution in [3.05, 3.63) is 57.3 Å². The molecule has 0 bridgehead atoms. The molecule has 7 heteroatoms. The van der Waals surface area contributed by atoms with E-state index in [0.29, 0.717) is 30.6 Å². The van der Waals surface area contributed by atoms with Gasteiger partial charge in [0.2, 0.25) is 5.95 Å². The molecular weight excluding hydrogens is 350 g/mol. The zero-order valence-electron chi connectivity index (χ0n) is 13.1. The van der Waals surface area contributed by atoms with Gasteiger partial charge in [0.1, 0.15) is 5.82 Å². The van der Waals surface area contributed by atoms with Crippen LogP contribution in [0.5, 0.6) is 0 Å². The third-order valence-electron chi connectivity index (χ3n) is 3.78. The summed E-state index contributed by atoms with van der Waals surface area (Å²) >= 11 is 12.2. The fourth-order valence-electron chi connectivity index (χ4n) is 2.55. The molecule has 1 aromatic heterocycles. The third-order valence-corrected chi connectivity index (χ3v) is 4.48. The normalized spacial score (nSPS) is 11.2. The fraction of sp³-hybridized carbons (Fsp3) is 0.235. The van der Waals surface area contributed by atoms with Crippen LogP contribution < -0.4 is 11.1 Å². The topological polar surface area (TPSA) is 55.9 Å². The number of hydrogen-bond donors (Lipinski definition) is 2. The molecule has 0 spiro atoms. The highest BCUT2D eigenvalue weighted by Crippen LogP contribution is 2.27. The first-order chi connectivity index (χ1) is 11.5. The lowest BCUT2D eigenvalue weighted by atomic mass is 10.2. The number of anilines is 1. The van der Waals surface area contributed by atoms with Gasteiger partial charge in [-0.1, -0.05) is 29.3 Å². The number of aryl methyl sites for hydroxylation is 1. The Morgan fingerprint density at radius 1 is 1.21 bits per heavy atom. The first-order valence-corrected chi connectivity index (χ1v) is 8.29. The van der Waals surface area contributed by atoms with Crippen molar-refractivity contribution in [1.29, 1.82) is 0 Å². The second kappa shape index (κ2) is 6.97. The van der Waals surface area contributed by atoms with Crippen molar-refractivity contribution < 1.29 is 4.39 Å². The van der Waals surface area contributed by atoms with E-state index in [9.17, 15) is 4.39 Å². The van der Waals surface area contributed by atoms with Crippen LogP contribution >= 0.6 is 23.2 Å². The van der Waals surface area contributed by atoms with Gasteiger partial charge in [0, 0.05) is 18.1 Å². The van der Waals surface area contributed by atoms with Crippen LogP contribution in [0, 0.1) is 12.7 Å². The van der Waals surface area contributed by atoms with Crippen LogP contribution in [0.15, 0.2) is 30.3 Å². The lowest BCUT2D eigenvalue weighted by molar-refractivity contribution is 0.627. The van der Waals surface area contributed by atoms with Gasteiger partial charge in [0.05, 0.1) is 22.6 Å². The van der Waals surface area contributed by atoms with Crippen LogP contribution in [0.3, 0.4) is 0 Å². The van der Waals surface area contributed by atoms with E-state index in [4.69, 9.17) is 28.9 Å². The average Bonchev–Trinajstić information content (AvgIpc) is 2.86. The molecule has 3 rings (SSSR count). The van der Waals surface area contributed by atoms with E-state index in [1.807, 2.05) is 23.6 Å². The smallest absolute Gasteiger partial charge is 0.204 e. The van der Waals surface area contributed by atoms with E-state index in [-0.39, 0.29) is 5.02 Å². The molecule has 0 radical (unpaired) electrons. The Morgan fingerprint density at radius 2 is 2.00 bits per heavy atom. The maximum absolute atomic E-state index is 13.4. The summed E-state index contributed by atoms with van der Waals surface area (Å²) < 4.78 is 15.4. The lowest BCUT2D eigenvalue weighted by Crippen LogP contribution is -2.16. The highest BCUT2D eigenvalue weighted by Gasteiger charge is 2.13. The van der Waals surface area contributed by atoms with Crippen molar-refractivity contribution in [2.24, 2.45) is 5.73 Å². The van der Waals surface area contributed by atoms with E-state index >= 15 is 0 Å². The van der Waals surface area contributed by atoms with Crippen LogP contribution in [0.1, 0.15) is 11.1 Å². The highest BCUT2D eigenvalue weighted by atomic mass is 35.5. The molecule has 0 amide bonds. The first-order valence-electron chi connectivity index (χ1n) is 7.54. The second-order valence-corrected chi connectivity index (χ2v) is 6.39. The minimum Gasteiger partial charge on any atom is -0.354 e. The minimum atomic E-state index is -0.434. The molecule has 2 aromatic carbocycles. The van der Waals surface area contributed by atoms with Gasteiger partial charge in [-0.05, 0) is 42.3 Å². The number of nitrogens with one attached hydrogen (secondary N) is 1. The molecule has 1 heterocycles. The number of nitrogens with two attached hydrogens (primary N) is 1. The zero-order chi connectivity index (χ0) is 17.3. The van der Waals surface area contributed by atoms with Gasteiger partial charge in [0.15, 0.2) is 0 Å². The van der Waals surface area contributed by atoms with Crippen molar-refractivity contribution in [2.75, 3.05) is 18.4 Å². The van der Waals surface area contributed by atoms with E-state index in [0.717, 1.165) is 22.2 Å². The zero-order valence-corrected chi connectivity index (χ0v) is 14.6. The maximum atomic E-state index is 13.4. The van der Waals surface area contributed by atoms with Crippen molar-refractivity contribution in [2.45, 2.75) is 13.5 Å². The predicted molar refractivity (Wildman–Crippen MR) is 97.5 cm³/mol. The minimum absolute atomic E-state index is 0.0993. The van der Waals surface area contributed by atoms with Crippen LogP contribution in [0.4, 0.5) is 10.3 Å². The molecule has 24 heavy (non-hydrogen) atoms. The summed E-state index contributed by atoms with van der Waals surface area (Å²) in [5, 5.41) is 3.99. The largest absolute Gasteiger partial charge is 0.354 e. The number of nitrogens with zero attached hydrogens (tertiary/aromatic N) is 2. The molecule has 0 aliphatic carbocycles. The van der Waals surface area contributed by atoms with E-state index < -0.39 is 5.82 Å². The van der Waals surface area contributed by atoms with Gasteiger partial charge in [-0.25, -0.2) is 9.37 Å². The summed E-state index contributed by atoms with van der Waals surface area (Å²) in [5.74, 6) is 0.258. The first kappa shape index (κ1) is 17.0. The van der Waals surface area contributed by atoms with Gasteiger partial charge in [-0.15, -0.1) is 0 Å². The lowest BCUT2D eigenvalue weighted by Gasteiger charge is -2.11. The predicted octanol–water partition coefficient (Wildman–Crippen LogP) is 4.21. The summed E-state index contributed by atoms with van der Waals surface area (Å²) in [6, 6.07) is 8.51. The third kappa shape index (κ3) is 3.34. The summed E-state index contributed by atoms with van der Waals surface area (Å²) in [4.78, 5) is 4.62. The number of hydrogen-bond acceptors (Lipinski definition) is 3. The van der Waals surface area contributed by atoms with Crippen LogP contribution in [0.25, 0.3) is 11.0 Å². The standard InChI is InChI=1S/C17H17Cl2FN4/c1-10-6-15-16(8-12(10)18)24(17(23-15)22-5-4-21)9-11-2-3-14(20)13(19)7-11/h2-3,6-8H,4-5,9,21H2,1H3,(H,22,23). The summed E-state index contributed by atoms with van der Waals surface area (Å²) in [7, 11) is 0. The van der Waals surface area contributed by atoms with Crippen molar-refractivity contribution >= 4 is 40.2 Å². The SMILES string of the molecule is Cc1cc2nc(NCCN)n(Cc3ccc(F)c(Cl)c3)c2cc1Cl. The molecule has 3 N–H and O–H groups in total. The summed E-state index contributed by atoms with van der Waals surface area (Å²) in [5.41, 5.74) is 9.14.